The molecular weight excluding hydrogens is 420 g/mol. The van der Waals surface area contributed by atoms with E-state index in [9.17, 15) is 9.59 Å². The van der Waals surface area contributed by atoms with Crippen LogP contribution >= 0.6 is 0 Å². The van der Waals surface area contributed by atoms with Crippen molar-refractivity contribution in [1.82, 2.24) is 10.6 Å². The van der Waals surface area contributed by atoms with E-state index < -0.39 is 0 Å². The lowest BCUT2D eigenvalue weighted by Crippen LogP contribution is -2.33. The molecule has 0 unspecified atom stereocenters. The van der Waals surface area contributed by atoms with E-state index in [0.29, 0.717) is 13.1 Å². The maximum atomic E-state index is 12.1. The monoisotopic (exact) mass is 452 g/mol. The molecule has 3 heterocycles. The predicted molar refractivity (Wildman–Crippen MR) is 126 cm³/mol. The van der Waals surface area contributed by atoms with Crippen LogP contribution in [0.25, 0.3) is 6.08 Å². The summed E-state index contributed by atoms with van der Waals surface area (Å²) in [5, 5.41) is 5.35. The van der Waals surface area contributed by atoms with Crippen molar-refractivity contribution in [2.75, 3.05) is 13.1 Å². The molecule has 0 atom stereocenters. The molecule has 0 bridgehead atoms. The SMILES string of the molecule is CC(=O)NCCNC(=O)c1cc(CCCC(C)=Cc2cc(CCCc3ccoc3)co2)co1. The highest BCUT2D eigenvalue weighted by Crippen LogP contribution is 2.18. The van der Waals surface area contributed by atoms with Crippen molar-refractivity contribution in [3.63, 3.8) is 0 Å². The Labute approximate surface area is 194 Å². The van der Waals surface area contributed by atoms with Gasteiger partial charge in [-0.1, -0.05) is 5.57 Å². The second kappa shape index (κ2) is 12.5. The van der Waals surface area contributed by atoms with Crippen molar-refractivity contribution in [3.05, 3.63) is 77.0 Å². The molecule has 2 amide bonds. The number of carbonyl (C=O) groups excluding carboxylic acids is 2. The van der Waals surface area contributed by atoms with Gasteiger partial charge in [0.1, 0.15) is 5.76 Å². The predicted octanol–water partition coefficient (Wildman–Crippen LogP) is 4.93. The Morgan fingerprint density at radius 3 is 2.39 bits per heavy atom. The summed E-state index contributed by atoms with van der Waals surface area (Å²) in [5.74, 6) is 0.771. The van der Waals surface area contributed by atoms with Gasteiger partial charge in [0.05, 0.1) is 25.1 Å². The maximum absolute atomic E-state index is 12.1. The third-order valence-corrected chi connectivity index (χ3v) is 5.27. The highest BCUT2D eigenvalue weighted by Gasteiger charge is 2.10. The lowest BCUT2D eigenvalue weighted by Gasteiger charge is -2.03. The standard InChI is InChI=1S/C26H32N2O5/c1-19(13-24-14-22(17-32-24)8-4-6-21-9-12-31-16-21)5-3-7-23-15-25(33-18-23)26(30)28-11-10-27-20(2)29/h9,12-18H,3-8,10-11H2,1-2H3,(H,27,29)(H,28,30). The van der Waals surface area contributed by atoms with E-state index in [1.165, 1.54) is 23.6 Å². The topological polar surface area (TPSA) is 97.6 Å². The molecule has 0 saturated heterocycles. The van der Waals surface area contributed by atoms with Gasteiger partial charge in [-0.15, -0.1) is 0 Å². The quantitative estimate of drug-likeness (QED) is 0.358. The fourth-order valence-corrected chi connectivity index (χ4v) is 3.55. The van der Waals surface area contributed by atoms with Crippen LogP contribution in [0.4, 0.5) is 0 Å². The first-order valence-electron chi connectivity index (χ1n) is 11.4. The first-order chi connectivity index (χ1) is 16.0. The molecule has 3 rings (SSSR count). The normalized spacial score (nSPS) is 11.5. The van der Waals surface area contributed by atoms with Gasteiger partial charge in [0.2, 0.25) is 5.91 Å². The Balaban J connectivity index is 1.36. The molecule has 33 heavy (non-hydrogen) atoms. The van der Waals surface area contributed by atoms with Crippen LogP contribution in [0.1, 0.15) is 66.1 Å². The zero-order chi connectivity index (χ0) is 23.5. The van der Waals surface area contributed by atoms with Crippen molar-refractivity contribution in [3.8, 4) is 0 Å². The minimum Gasteiger partial charge on any atom is -0.472 e. The van der Waals surface area contributed by atoms with Crippen molar-refractivity contribution < 1.29 is 22.8 Å². The van der Waals surface area contributed by atoms with Gasteiger partial charge in [-0.2, -0.15) is 0 Å². The molecule has 176 valence electrons. The number of nitrogens with one attached hydrogen (secondary N) is 2. The van der Waals surface area contributed by atoms with Crippen molar-refractivity contribution in [2.24, 2.45) is 0 Å². The number of carbonyl (C=O) groups is 2. The highest BCUT2D eigenvalue weighted by atomic mass is 16.3. The van der Waals surface area contributed by atoms with Crippen LogP contribution in [0.2, 0.25) is 0 Å². The molecule has 7 heteroatoms. The van der Waals surface area contributed by atoms with Gasteiger partial charge in [0.25, 0.3) is 5.91 Å². The third-order valence-electron chi connectivity index (χ3n) is 5.27. The highest BCUT2D eigenvalue weighted by molar-refractivity contribution is 5.91. The van der Waals surface area contributed by atoms with E-state index in [4.69, 9.17) is 13.3 Å². The van der Waals surface area contributed by atoms with Gasteiger partial charge in [-0.05, 0) is 86.4 Å². The first kappa shape index (κ1) is 24.2. The van der Waals surface area contributed by atoms with Gasteiger partial charge in [0, 0.05) is 20.0 Å². The summed E-state index contributed by atoms with van der Waals surface area (Å²) < 4.78 is 16.2. The summed E-state index contributed by atoms with van der Waals surface area (Å²) in [7, 11) is 0. The number of hydrogen-bond acceptors (Lipinski definition) is 5. The second-order valence-corrected chi connectivity index (χ2v) is 8.24. The fraction of sp³-hybridized carbons (Fsp3) is 0.385. The zero-order valence-electron chi connectivity index (χ0n) is 19.3. The van der Waals surface area contributed by atoms with Gasteiger partial charge in [-0.3, -0.25) is 9.59 Å². The fourth-order valence-electron chi connectivity index (χ4n) is 3.55. The molecule has 3 aromatic rings. The summed E-state index contributed by atoms with van der Waals surface area (Å²) in [4.78, 5) is 22.9. The molecule has 0 fully saturated rings. The molecule has 3 aromatic heterocycles. The minimum atomic E-state index is -0.277. The Bertz CT molecular complexity index is 1040. The summed E-state index contributed by atoms with van der Waals surface area (Å²) in [6.45, 7) is 4.29. The third kappa shape index (κ3) is 8.52. The van der Waals surface area contributed by atoms with Crippen LogP contribution in [0.3, 0.4) is 0 Å². The van der Waals surface area contributed by atoms with Gasteiger partial charge in [-0.25, -0.2) is 0 Å². The lowest BCUT2D eigenvalue weighted by molar-refractivity contribution is -0.118. The van der Waals surface area contributed by atoms with E-state index in [1.807, 2.05) is 12.3 Å². The molecule has 0 aromatic carbocycles. The second-order valence-electron chi connectivity index (χ2n) is 8.24. The molecular formula is C26H32N2O5. The smallest absolute Gasteiger partial charge is 0.287 e. The number of hydrogen-bond donors (Lipinski definition) is 2. The van der Waals surface area contributed by atoms with Crippen molar-refractivity contribution in [1.29, 1.82) is 0 Å². The van der Waals surface area contributed by atoms with Crippen molar-refractivity contribution in [2.45, 2.75) is 52.4 Å². The van der Waals surface area contributed by atoms with Crippen LogP contribution in [0, 0.1) is 0 Å². The number of rotatable bonds is 13. The average molecular weight is 453 g/mol. The van der Waals surface area contributed by atoms with Crippen LogP contribution in [-0.2, 0) is 24.1 Å². The van der Waals surface area contributed by atoms with Gasteiger partial charge in [0.15, 0.2) is 5.76 Å². The van der Waals surface area contributed by atoms with E-state index >= 15 is 0 Å². The molecule has 0 saturated carbocycles. The van der Waals surface area contributed by atoms with Crippen LogP contribution < -0.4 is 10.6 Å². The number of furan rings is 3. The summed E-state index contributed by atoms with van der Waals surface area (Å²) in [5.41, 5.74) is 4.67. The number of amides is 2. The molecule has 0 aliphatic heterocycles. The van der Waals surface area contributed by atoms with Crippen molar-refractivity contribution >= 4 is 17.9 Å². The van der Waals surface area contributed by atoms with Gasteiger partial charge < -0.3 is 23.9 Å². The number of aryl methyl sites for hydroxylation is 3. The lowest BCUT2D eigenvalue weighted by atomic mass is 10.1. The van der Waals surface area contributed by atoms with E-state index in [2.05, 4.69) is 29.7 Å². The zero-order valence-corrected chi connectivity index (χ0v) is 19.3. The number of allylic oxidation sites excluding steroid dienone is 1. The average Bonchev–Trinajstić information content (AvgIpc) is 3.54. The summed E-state index contributed by atoms with van der Waals surface area (Å²) >= 11 is 0. The minimum absolute atomic E-state index is 0.122. The van der Waals surface area contributed by atoms with E-state index in [0.717, 1.165) is 49.8 Å². The molecule has 0 spiro atoms. The van der Waals surface area contributed by atoms with Crippen LogP contribution in [0.15, 0.2) is 62.1 Å². The molecule has 0 aliphatic rings. The van der Waals surface area contributed by atoms with Crippen LogP contribution in [-0.4, -0.2) is 24.9 Å². The molecule has 7 nitrogen and oxygen atoms in total. The maximum Gasteiger partial charge on any atom is 0.287 e. The Morgan fingerprint density at radius 1 is 0.879 bits per heavy atom. The van der Waals surface area contributed by atoms with Gasteiger partial charge >= 0.3 is 0 Å². The first-order valence-corrected chi connectivity index (χ1v) is 11.4. The summed E-state index contributed by atoms with van der Waals surface area (Å²) in [6.07, 6.45) is 14.8. The molecule has 0 aliphatic carbocycles. The molecule has 0 radical (unpaired) electrons. The Morgan fingerprint density at radius 2 is 1.61 bits per heavy atom. The summed E-state index contributed by atoms with van der Waals surface area (Å²) in [6, 6.07) is 5.88. The van der Waals surface area contributed by atoms with Crippen LogP contribution in [0.5, 0.6) is 0 Å². The Hall–Kier alpha value is -3.48. The Kier molecular flexibility index (Phi) is 9.18. The largest absolute Gasteiger partial charge is 0.472 e. The van der Waals surface area contributed by atoms with E-state index in [1.54, 1.807) is 24.9 Å². The molecule has 2 N–H and O–H groups in total. The van der Waals surface area contributed by atoms with E-state index in [-0.39, 0.29) is 17.6 Å².